The van der Waals surface area contributed by atoms with Gasteiger partial charge in [-0.05, 0) is 88.4 Å². The lowest BCUT2D eigenvalue weighted by Crippen LogP contribution is -2.55. The first-order valence-electron chi connectivity index (χ1n) is 10.5. The lowest BCUT2D eigenvalue weighted by atomic mass is 9.48. The van der Waals surface area contributed by atoms with Crippen LogP contribution in [0.3, 0.4) is 0 Å². The molecule has 0 saturated heterocycles. The van der Waals surface area contributed by atoms with E-state index in [1.165, 1.54) is 50.5 Å². The van der Waals surface area contributed by atoms with Crippen LogP contribution in [-0.2, 0) is 0 Å². The van der Waals surface area contributed by atoms with Crippen LogP contribution in [0.2, 0.25) is 0 Å². The summed E-state index contributed by atoms with van der Waals surface area (Å²) in [6.07, 6.45) is 10.7. The smallest absolute Gasteiger partial charge is 0.131 e. The Balaban J connectivity index is 1.72. The molecule has 5 atom stereocenters. The lowest BCUT2D eigenvalue weighted by molar-refractivity contribution is -0.112. The van der Waals surface area contributed by atoms with Gasteiger partial charge in [-0.1, -0.05) is 43.1 Å². The number of hydrogen-bond donors (Lipinski definition) is 1. The minimum absolute atomic E-state index is 0.00744. The van der Waals surface area contributed by atoms with Crippen LogP contribution in [0.4, 0.5) is 0 Å². The molecule has 0 spiro atoms. The van der Waals surface area contributed by atoms with Gasteiger partial charge in [-0.15, -0.1) is 5.92 Å². The molecule has 0 bridgehead atoms. The first-order chi connectivity index (χ1) is 11.9. The van der Waals surface area contributed by atoms with Crippen molar-refractivity contribution >= 4 is 0 Å². The molecule has 1 unspecified atom stereocenters. The molecule has 136 valence electrons. The molecule has 0 aromatic rings. The Morgan fingerprint density at radius 2 is 1.92 bits per heavy atom. The fraction of sp³-hybridized carbons (Fsp3) is 0.750. The predicted octanol–water partition coefficient (Wildman–Crippen LogP) is 5.65. The minimum atomic E-state index is -0.763. The van der Waals surface area contributed by atoms with E-state index in [1.54, 1.807) is 11.1 Å². The van der Waals surface area contributed by atoms with Gasteiger partial charge in [0.15, 0.2) is 0 Å². The molecule has 0 amide bonds. The number of fused-ring (bicyclic) bond motifs is 4. The molecule has 1 nitrogen and oxygen atoms in total. The zero-order valence-corrected chi connectivity index (χ0v) is 16.3. The standard InChI is InChI=1S/C24H34O/c1-5-12-23(25)13-11-22-21-9-7-18-15-17(4)6-8-19(18)20(21)10-14-24(22,23)16(2)3/h16,20-22,25H,4,6-11,13-15H2,1-3H3/t20-,21-,22+,23?,24-/m1/s1. The average molecular weight is 339 g/mol. The Morgan fingerprint density at radius 3 is 2.64 bits per heavy atom. The highest BCUT2D eigenvalue weighted by atomic mass is 16.3. The molecule has 0 radical (unpaired) electrons. The molecule has 4 aliphatic carbocycles. The monoisotopic (exact) mass is 338 g/mol. The quantitative estimate of drug-likeness (QED) is 0.484. The van der Waals surface area contributed by atoms with E-state index < -0.39 is 5.60 Å². The second-order valence-corrected chi connectivity index (χ2v) is 9.48. The Hall–Kier alpha value is -1.00. The molecule has 2 fully saturated rings. The van der Waals surface area contributed by atoms with Gasteiger partial charge < -0.3 is 5.11 Å². The highest BCUT2D eigenvalue weighted by molar-refractivity contribution is 5.34. The van der Waals surface area contributed by atoms with E-state index in [2.05, 4.69) is 32.3 Å². The summed E-state index contributed by atoms with van der Waals surface area (Å²) in [4.78, 5) is 0. The van der Waals surface area contributed by atoms with Gasteiger partial charge in [0.2, 0.25) is 0 Å². The fourth-order valence-electron chi connectivity index (χ4n) is 7.48. The zero-order valence-electron chi connectivity index (χ0n) is 16.3. The van der Waals surface area contributed by atoms with E-state index in [-0.39, 0.29) is 5.41 Å². The largest absolute Gasteiger partial charge is 0.377 e. The van der Waals surface area contributed by atoms with Crippen molar-refractivity contribution in [2.24, 2.45) is 29.1 Å². The first kappa shape index (κ1) is 17.4. The van der Waals surface area contributed by atoms with E-state index >= 15 is 0 Å². The third-order valence-electron chi connectivity index (χ3n) is 8.41. The molecule has 4 rings (SSSR count). The van der Waals surface area contributed by atoms with Crippen LogP contribution in [0, 0.1) is 40.9 Å². The highest BCUT2D eigenvalue weighted by Gasteiger charge is 2.64. The second kappa shape index (κ2) is 6.02. The molecule has 1 N–H and O–H groups in total. The Bertz CT molecular complexity index is 672. The number of aliphatic hydroxyl groups is 1. The van der Waals surface area contributed by atoms with Crippen molar-refractivity contribution in [1.82, 2.24) is 0 Å². The zero-order chi connectivity index (χ0) is 17.8. The van der Waals surface area contributed by atoms with Crippen LogP contribution in [0.1, 0.15) is 78.6 Å². The van der Waals surface area contributed by atoms with Gasteiger partial charge in [0.05, 0.1) is 0 Å². The van der Waals surface area contributed by atoms with Gasteiger partial charge >= 0.3 is 0 Å². The van der Waals surface area contributed by atoms with Crippen molar-refractivity contribution in [3.8, 4) is 11.8 Å². The maximum Gasteiger partial charge on any atom is 0.131 e. The lowest BCUT2D eigenvalue weighted by Gasteiger charge is -2.56. The molecule has 0 aromatic carbocycles. The molecular formula is C24H34O. The summed E-state index contributed by atoms with van der Waals surface area (Å²) in [6, 6.07) is 0. The first-order valence-corrected chi connectivity index (χ1v) is 10.5. The molecule has 1 heteroatoms. The molecule has 0 heterocycles. The number of hydrogen-bond acceptors (Lipinski definition) is 1. The summed E-state index contributed by atoms with van der Waals surface area (Å²) in [6.45, 7) is 10.8. The van der Waals surface area contributed by atoms with Gasteiger partial charge in [-0.25, -0.2) is 0 Å². The topological polar surface area (TPSA) is 20.2 Å². The Labute approximate surface area is 154 Å². The van der Waals surface area contributed by atoms with Crippen molar-refractivity contribution < 1.29 is 5.11 Å². The third kappa shape index (κ3) is 2.33. The summed E-state index contributed by atoms with van der Waals surface area (Å²) in [7, 11) is 0. The maximum atomic E-state index is 11.6. The van der Waals surface area contributed by atoms with Crippen LogP contribution >= 0.6 is 0 Å². The van der Waals surface area contributed by atoms with E-state index in [0.717, 1.165) is 24.7 Å². The van der Waals surface area contributed by atoms with Crippen LogP contribution < -0.4 is 0 Å². The Morgan fingerprint density at radius 1 is 1.12 bits per heavy atom. The molecule has 2 saturated carbocycles. The number of allylic oxidation sites excluding steroid dienone is 3. The summed E-state index contributed by atoms with van der Waals surface area (Å²) in [5.41, 5.74) is 4.22. The van der Waals surface area contributed by atoms with E-state index in [1.807, 2.05) is 6.92 Å². The highest BCUT2D eigenvalue weighted by Crippen LogP contribution is 2.67. The van der Waals surface area contributed by atoms with Crippen LogP contribution in [-0.4, -0.2) is 10.7 Å². The summed E-state index contributed by atoms with van der Waals surface area (Å²) in [5.74, 6) is 9.05. The molecule has 4 aliphatic rings. The summed E-state index contributed by atoms with van der Waals surface area (Å²) >= 11 is 0. The normalized spacial score (nSPS) is 43.2. The second-order valence-electron chi connectivity index (χ2n) is 9.48. The molecule has 0 aromatic heterocycles. The van der Waals surface area contributed by atoms with Gasteiger partial charge in [0, 0.05) is 5.41 Å². The summed E-state index contributed by atoms with van der Waals surface area (Å²) in [5, 5.41) is 11.6. The third-order valence-corrected chi connectivity index (χ3v) is 8.41. The minimum Gasteiger partial charge on any atom is -0.377 e. The maximum absolute atomic E-state index is 11.6. The van der Waals surface area contributed by atoms with Crippen molar-refractivity contribution in [2.45, 2.75) is 84.2 Å². The summed E-state index contributed by atoms with van der Waals surface area (Å²) < 4.78 is 0. The SMILES string of the molecule is C=C1CCC2=C(CC[C@@H]3[C@@H]2CC[C@@]2(C(C)C)[C@H]3CCC2(O)C#CC)C1. The van der Waals surface area contributed by atoms with Crippen molar-refractivity contribution in [2.75, 3.05) is 0 Å². The van der Waals surface area contributed by atoms with Crippen LogP contribution in [0.15, 0.2) is 23.3 Å². The van der Waals surface area contributed by atoms with Gasteiger partial charge in [-0.3, -0.25) is 0 Å². The van der Waals surface area contributed by atoms with Crippen LogP contribution in [0.25, 0.3) is 0 Å². The van der Waals surface area contributed by atoms with Crippen molar-refractivity contribution in [3.63, 3.8) is 0 Å². The Kier molecular flexibility index (Phi) is 4.19. The van der Waals surface area contributed by atoms with Crippen LogP contribution in [0.5, 0.6) is 0 Å². The predicted molar refractivity (Wildman–Crippen MR) is 104 cm³/mol. The van der Waals surface area contributed by atoms with Crippen molar-refractivity contribution in [3.05, 3.63) is 23.3 Å². The fourth-order valence-corrected chi connectivity index (χ4v) is 7.48. The van der Waals surface area contributed by atoms with E-state index in [9.17, 15) is 5.11 Å². The van der Waals surface area contributed by atoms with Gasteiger partial charge in [-0.2, -0.15) is 0 Å². The van der Waals surface area contributed by atoms with E-state index in [4.69, 9.17) is 0 Å². The van der Waals surface area contributed by atoms with Crippen molar-refractivity contribution in [1.29, 1.82) is 0 Å². The molecule has 25 heavy (non-hydrogen) atoms. The molecular weight excluding hydrogens is 304 g/mol. The van der Waals surface area contributed by atoms with Gasteiger partial charge in [0.1, 0.15) is 5.60 Å². The van der Waals surface area contributed by atoms with E-state index in [0.29, 0.717) is 11.8 Å². The van der Waals surface area contributed by atoms with Gasteiger partial charge in [0.25, 0.3) is 0 Å². The average Bonchev–Trinajstić information content (AvgIpc) is 2.88. The number of rotatable bonds is 1. The molecule has 0 aliphatic heterocycles.